The number of alkyl halides is 3. The minimum absolute atomic E-state index is 0.00157. The molecule has 1 aliphatic rings. The van der Waals surface area contributed by atoms with E-state index in [1.165, 1.54) is 11.4 Å². The van der Waals surface area contributed by atoms with Crippen LogP contribution >= 0.6 is 11.3 Å². The van der Waals surface area contributed by atoms with E-state index < -0.39 is 23.2 Å². The number of nitrogen functional groups attached to an aromatic ring is 1. The summed E-state index contributed by atoms with van der Waals surface area (Å²) in [5.74, 6) is -0.319. The van der Waals surface area contributed by atoms with E-state index in [0.29, 0.717) is 45.4 Å². The van der Waals surface area contributed by atoms with Gasteiger partial charge in [-0.2, -0.15) is 18.3 Å². The number of nitrogens with two attached hydrogens (primary N) is 1. The lowest BCUT2D eigenvalue weighted by Crippen LogP contribution is -2.52. The lowest BCUT2D eigenvalue weighted by Gasteiger charge is -2.36. The molecule has 35 heavy (non-hydrogen) atoms. The second kappa shape index (κ2) is 8.37. The zero-order valence-electron chi connectivity index (χ0n) is 18.2. The first-order chi connectivity index (χ1) is 16.6. The van der Waals surface area contributed by atoms with Crippen molar-refractivity contribution >= 4 is 51.0 Å². The number of rotatable bonds is 4. The minimum atomic E-state index is -4.61. The molecule has 1 aliphatic heterocycles. The van der Waals surface area contributed by atoms with Gasteiger partial charge >= 0.3 is 12.3 Å². The average Bonchev–Trinajstić information content (AvgIpc) is 3.45. The van der Waals surface area contributed by atoms with Crippen LogP contribution in [0, 0.1) is 0 Å². The molecule has 182 valence electrons. The molecule has 4 heterocycles. The molecule has 0 bridgehead atoms. The number of fused-ring (bicyclic) bond motifs is 3. The van der Waals surface area contributed by atoms with Crippen LogP contribution in [0.1, 0.15) is 27.5 Å². The lowest BCUT2D eigenvalue weighted by atomic mass is 10.1. The normalized spacial score (nSPS) is 14.5. The van der Waals surface area contributed by atoms with E-state index >= 15 is 0 Å². The molecule has 1 saturated heterocycles. The number of ether oxygens (including phenoxy) is 1. The van der Waals surface area contributed by atoms with Crippen LogP contribution in [0.5, 0.6) is 0 Å². The van der Waals surface area contributed by atoms with E-state index in [9.17, 15) is 22.8 Å². The first-order valence-electron chi connectivity index (χ1n) is 10.4. The Labute approximate surface area is 199 Å². The van der Waals surface area contributed by atoms with Crippen LogP contribution < -0.4 is 5.73 Å². The van der Waals surface area contributed by atoms with Crippen molar-refractivity contribution in [2.45, 2.75) is 19.1 Å². The summed E-state index contributed by atoms with van der Waals surface area (Å²) < 4.78 is 45.8. The topological polar surface area (TPSA) is 119 Å². The fourth-order valence-electron chi connectivity index (χ4n) is 3.93. The van der Waals surface area contributed by atoms with Crippen LogP contribution in [0.4, 0.5) is 23.8 Å². The number of nitrogens with zero attached hydrogens (tertiary/aromatic N) is 6. The number of benzene rings is 1. The van der Waals surface area contributed by atoms with E-state index in [2.05, 4.69) is 15.1 Å². The molecule has 0 atom stereocenters. The number of pyridine rings is 1. The van der Waals surface area contributed by atoms with Gasteiger partial charge in [0, 0.05) is 36.3 Å². The van der Waals surface area contributed by atoms with Gasteiger partial charge in [0.1, 0.15) is 5.82 Å². The molecule has 1 aromatic carbocycles. The third-order valence-corrected chi connectivity index (χ3v) is 6.47. The molecule has 0 saturated carbocycles. The van der Waals surface area contributed by atoms with Crippen LogP contribution in [0.2, 0.25) is 0 Å². The molecule has 3 aromatic heterocycles. The van der Waals surface area contributed by atoms with Crippen molar-refractivity contribution in [1.29, 1.82) is 0 Å². The molecular formula is C21H18F3N7O3S. The highest BCUT2D eigenvalue weighted by atomic mass is 32.1. The number of aromatic nitrogens is 4. The third-order valence-electron chi connectivity index (χ3n) is 5.54. The number of amides is 2. The monoisotopic (exact) mass is 505 g/mol. The van der Waals surface area contributed by atoms with Gasteiger partial charge in [-0.1, -0.05) is 0 Å². The number of halogens is 3. The summed E-state index contributed by atoms with van der Waals surface area (Å²) in [6, 6.07) is 4.73. The Bertz CT molecular complexity index is 1470. The van der Waals surface area contributed by atoms with Crippen LogP contribution in [-0.2, 0) is 24.5 Å². The Morgan fingerprint density at radius 1 is 1.29 bits per heavy atom. The Kier molecular flexibility index (Phi) is 5.46. The summed E-state index contributed by atoms with van der Waals surface area (Å²) in [5.41, 5.74) is 7.42. The highest BCUT2D eigenvalue weighted by Gasteiger charge is 2.36. The summed E-state index contributed by atoms with van der Waals surface area (Å²) in [6.45, 7) is 0.00592. The number of thiazole rings is 1. The van der Waals surface area contributed by atoms with Gasteiger partial charge in [0.05, 0.1) is 41.5 Å². The van der Waals surface area contributed by atoms with E-state index in [0.717, 1.165) is 10.0 Å². The van der Waals surface area contributed by atoms with Crippen molar-refractivity contribution in [2.24, 2.45) is 7.05 Å². The molecule has 14 heteroatoms. The minimum Gasteiger partial charge on any atom is -0.448 e. The average molecular weight is 505 g/mol. The summed E-state index contributed by atoms with van der Waals surface area (Å²) in [7, 11) is 1.73. The first kappa shape index (κ1) is 22.8. The molecule has 2 N–H and O–H groups in total. The molecule has 10 nitrogen and oxygen atoms in total. The van der Waals surface area contributed by atoms with Crippen LogP contribution in [0.25, 0.3) is 21.8 Å². The van der Waals surface area contributed by atoms with Gasteiger partial charge < -0.3 is 10.5 Å². The standard InChI is InChI=1S/C21H18F3N7O3S/c1-29-16-13-7-11(3-4-15(13)28-17(25)14(16)8-26-29)18(32)31(30-5-2-6-34-20(30)33)9-12-10-35-19(27-12)21(22,23)24/h3-4,7-8,10H,2,5-6,9H2,1H3,(H2,25,28). The van der Waals surface area contributed by atoms with E-state index in [4.69, 9.17) is 10.5 Å². The van der Waals surface area contributed by atoms with Crippen molar-refractivity contribution in [2.75, 3.05) is 18.9 Å². The van der Waals surface area contributed by atoms with Gasteiger partial charge in [0.2, 0.25) is 0 Å². The number of carbonyl (C=O) groups is 2. The molecule has 2 amide bonds. The van der Waals surface area contributed by atoms with Crippen molar-refractivity contribution in [3.05, 3.63) is 46.0 Å². The molecule has 4 aromatic rings. The van der Waals surface area contributed by atoms with Crippen molar-refractivity contribution in [3.8, 4) is 0 Å². The fourth-order valence-corrected chi connectivity index (χ4v) is 4.61. The van der Waals surface area contributed by atoms with Gasteiger partial charge in [-0.25, -0.2) is 24.8 Å². The molecule has 0 aliphatic carbocycles. The highest BCUT2D eigenvalue weighted by molar-refractivity contribution is 7.09. The van der Waals surface area contributed by atoms with Crippen LogP contribution in [0.15, 0.2) is 29.8 Å². The maximum atomic E-state index is 13.6. The predicted molar refractivity (Wildman–Crippen MR) is 120 cm³/mol. The first-order valence-corrected chi connectivity index (χ1v) is 11.3. The zero-order chi connectivity index (χ0) is 24.9. The number of hydrazine groups is 1. The Morgan fingerprint density at radius 2 is 2.09 bits per heavy atom. The van der Waals surface area contributed by atoms with Crippen LogP contribution in [0.3, 0.4) is 0 Å². The smallest absolute Gasteiger partial charge is 0.443 e. The summed E-state index contributed by atoms with van der Waals surface area (Å²) in [6.07, 6.45) is -3.34. The predicted octanol–water partition coefficient (Wildman–Crippen LogP) is 3.58. The van der Waals surface area contributed by atoms with Gasteiger partial charge in [-0.3, -0.25) is 9.48 Å². The lowest BCUT2D eigenvalue weighted by molar-refractivity contribution is -0.137. The van der Waals surface area contributed by atoms with Crippen molar-refractivity contribution in [1.82, 2.24) is 29.8 Å². The fraction of sp³-hybridized carbons (Fsp3) is 0.286. The van der Waals surface area contributed by atoms with E-state index in [-0.39, 0.29) is 31.0 Å². The Balaban J connectivity index is 1.56. The third kappa shape index (κ3) is 4.09. The number of carbonyl (C=O) groups excluding carboxylic acids is 2. The van der Waals surface area contributed by atoms with Gasteiger partial charge in [-0.05, 0) is 18.2 Å². The maximum Gasteiger partial charge on any atom is 0.443 e. The second-order valence-electron chi connectivity index (χ2n) is 7.86. The maximum absolute atomic E-state index is 13.6. The number of hydrogen-bond acceptors (Lipinski definition) is 8. The number of cyclic esters (lactones) is 1. The SMILES string of the molecule is Cn1ncc2c(N)nc3ccc(C(=O)N(Cc4csc(C(F)(F)F)n4)N4CCCOC4=O)cc3c21. The van der Waals surface area contributed by atoms with E-state index in [1.54, 1.807) is 30.1 Å². The molecule has 0 unspecified atom stereocenters. The molecule has 0 spiro atoms. The molecule has 0 radical (unpaired) electrons. The quantitative estimate of drug-likeness (QED) is 0.450. The van der Waals surface area contributed by atoms with Crippen molar-refractivity contribution < 1.29 is 27.5 Å². The van der Waals surface area contributed by atoms with Gasteiger partial charge in [-0.15, -0.1) is 11.3 Å². The molecule has 1 fully saturated rings. The zero-order valence-corrected chi connectivity index (χ0v) is 19.1. The Morgan fingerprint density at radius 3 is 2.80 bits per heavy atom. The number of aryl methyl sites for hydroxylation is 1. The number of hydrogen-bond donors (Lipinski definition) is 1. The van der Waals surface area contributed by atoms with Crippen LogP contribution in [-0.4, -0.2) is 54.9 Å². The van der Waals surface area contributed by atoms with E-state index in [1.807, 2.05) is 0 Å². The number of anilines is 1. The second-order valence-corrected chi connectivity index (χ2v) is 8.71. The van der Waals surface area contributed by atoms with Gasteiger partial charge in [0.25, 0.3) is 5.91 Å². The highest BCUT2D eigenvalue weighted by Crippen LogP contribution is 2.33. The largest absolute Gasteiger partial charge is 0.448 e. The molecule has 5 rings (SSSR count). The Hall–Kier alpha value is -3.94. The summed E-state index contributed by atoms with van der Waals surface area (Å²) in [5, 5.41) is 7.76. The van der Waals surface area contributed by atoms with Crippen molar-refractivity contribution in [3.63, 3.8) is 0 Å². The summed E-state index contributed by atoms with van der Waals surface area (Å²) >= 11 is 0.422. The van der Waals surface area contributed by atoms with Gasteiger partial charge in [0.15, 0.2) is 5.01 Å². The summed E-state index contributed by atoms with van der Waals surface area (Å²) in [4.78, 5) is 34.0. The molecular weight excluding hydrogens is 487 g/mol.